The number of sulfone groups is 1. The minimum atomic E-state index is -2.81. The van der Waals surface area contributed by atoms with Gasteiger partial charge in [-0.3, -0.25) is 0 Å². The Morgan fingerprint density at radius 3 is 2.83 bits per heavy atom. The molecule has 23 heavy (non-hydrogen) atoms. The van der Waals surface area contributed by atoms with Crippen molar-refractivity contribution in [3.05, 3.63) is 48.0 Å². The lowest BCUT2D eigenvalue weighted by atomic mass is 10.1. The van der Waals surface area contributed by atoms with Crippen LogP contribution in [0, 0.1) is 0 Å². The number of hydrogen-bond acceptors (Lipinski definition) is 4. The van der Waals surface area contributed by atoms with Crippen LogP contribution in [0.15, 0.2) is 42.5 Å². The molecule has 0 spiro atoms. The second kappa shape index (κ2) is 7.69. The Morgan fingerprint density at radius 1 is 1.13 bits per heavy atom. The van der Waals surface area contributed by atoms with Gasteiger partial charge in [-0.15, -0.1) is 0 Å². The van der Waals surface area contributed by atoms with Crippen molar-refractivity contribution in [2.75, 3.05) is 23.8 Å². The van der Waals surface area contributed by atoms with Crippen LogP contribution >= 0.6 is 11.8 Å². The first kappa shape index (κ1) is 16.8. The van der Waals surface area contributed by atoms with E-state index >= 15 is 0 Å². The maximum atomic E-state index is 11.6. The predicted molar refractivity (Wildman–Crippen MR) is 99.8 cm³/mol. The summed E-state index contributed by atoms with van der Waals surface area (Å²) in [5.74, 6) is 2.66. The lowest BCUT2D eigenvalue weighted by molar-refractivity contribution is 0.492. The van der Waals surface area contributed by atoms with Gasteiger partial charge in [0.1, 0.15) is 0 Å². The van der Waals surface area contributed by atoms with E-state index in [4.69, 9.17) is 0 Å². The highest BCUT2D eigenvalue weighted by Crippen LogP contribution is 2.22. The summed E-state index contributed by atoms with van der Waals surface area (Å²) in [6.45, 7) is 0.871. The third kappa shape index (κ3) is 4.72. The smallest absolute Gasteiger partial charge is 0.151 e. The number of hydrogen-bond donors (Lipinski definition) is 1. The van der Waals surface area contributed by atoms with Crippen molar-refractivity contribution in [1.29, 1.82) is 0 Å². The normalized spacial score (nSPS) is 20.6. The number of rotatable bonds is 6. The molecule has 0 aliphatic carbocycles. The van der Waals surface area contributed by atoms with Gasteiger partial charge in [-0.05, 0) is 29.2 Å². The third-order valence-corrected chi connectivity index (χ3v) is 7.11. The van der Waals surface area contributed by atoms with Gasteiger partial charge in [0.25, 0.3) is 0 Å². The largest absolute Gasteiger partial charge is 0.312 e. The molecule has 0 bridgehead atoms. The van der Waals surface area contributed by atoms with Gasteiger partial charge in [-0.25, -0.2) is 8.42 Å². The van der Waals surface area contributed by atoms with Gasteiger partial charge in [0, 0.05) is 24.1 Å². The summed E-state index contributed by atoms with van der Waals surface area (Å²) in [6.07, 6.45) is 1.77. The summed E-state index contributed by atoms with van der Waals surface area (Å²) in [6, 6.07) is 15.1. The molecule has 0 unspecified atom stereocenters. The predicted octanol–water partition coefficient (Wildman–Crippen LogP) is 3.24. The zero-order valence-corrected chi connectivity index (χ0v) is 14.8. The Kier molecular flexibility index (Phi) is 5.62. The molecule has 1 fully saturated rings. The van der Waals surface area contributed by atoms with Crippen LogP contribution in [0.4, 0.5) is 0 Å². The van der Waals surface area contributed by atoms with E-state index in [2.05, 4.69) is 47.8 Å². The second-order valence-corrected chi connectivity index (χ2v) is 9.43. The van der Waals surface area contributed by atoms with Gasteiger partial charge in [0.2, 0.25) is 0 Å². The molecule has 1 aliphatic heterocycles. The molecule has 5 heteroatoms. The molecular weight excluding hydrogens is 326 g/mol. The molecule has 124 valence electrons. The average molecular weight is 350 g/mol. The summed E-state index contributed by atoms with van der Waals surface area (Å²) in [5, 5.41) is 6.02. The average Bonchev–Trinajstić information content (AvgIpc) is 2.54. The molecule has 0 amide bonds. The maximum Gasteiger partial charge on any atom is 0.151 e. The zero-order chi connectivity index (χ0) is 16.1. The van der Waals surface area contributed by atoms with Crippen LogP contribution in [0.25, 0.3) is 10.8 Å². The molecular formula is C18H23NO2S2. The fourth-order valence-corrected chi connectivity index (χ4v) is 5.67. The van der Waals surface area contributed by atoms with Crippen LogP contribution < -0.4 is 5.32 Å². The van der Waals surface area contributed by atoms with Gasteiger partial charge in [0.05, 0.1) is 11.5 Å². The number of thioether (sulfide) groups is 1. The van der Waals surface area contributed by atoms with Crippen LogP contribution in [-0.4, -0.2) is 38.3 Å². The zero-order valence-electron chi connectivity index (χ0n) is 13.2. The molecule has 1 atom stereocenters. The highest BCUT2D eigenvalue weighted by Gasteiger charge is 2.23. The van der Waals surface area contributed by atoms with E-state index in [0.29, 0.717) is 11.5 Å². The van der Waals surface area contributed by atoms with E-state index in [0.717, 1.165) is 30.9 Å². The van der Waals surface area contributed by atoms with E-state index in [1.165, 1.54) is 16.3 Å². The topological polar surface area (TPSA) is 46.2 Å². The van der Waals surface area contributed by atoms with Gasteiger partial charge >= 0.3 is 0 Å². The first-order chi connectivity index (χ1) is 11.1. The van der Waals surface area contributed by atoms with E-state index in [1.54, 1.807) is 0 Å². The van der Waals surface area contributed by atoms with Crippen molar-refractivity contribution in [3.63, 3.8) is 0 Å². The summed E-state index contributed by atoms with van der Waals surface area (Å²) in [5.41, 5.74) is 1.37. The molecule has 1 heterocycles. The summed E-state index contributed by atoms with van der Waals surface area (Å²) >= 11 is 1.90. The van der Waals surface area contributed by atoms with E-state index in [9.17, 15) is 8.42 Å². The van der Waals surface area contributed by atoms with Crippen LogP contribution in [-0.2, 0) is 15.6 Å². The van der Waals surface area contributed by atoms with Gasteiger partial charge in [-0.2, -0.15) is 11.8 Å². The van der Waals surface area contributed by atoms with Crippen molar-refractivity contribution in [3.8, 4) is 0 Å². The molecule has 2 aromatic carbocycles. The fraction of sp³-hybridized carbons (Fsp3) is 0.444. The summed E-state index contributed by atoms with van der Waals surface area (Å²) in [4.78, 5) is 0. The SMILES string of the molecule is O=S1(=O)CCC[C@@H](NCCSCc2cccc3ccccc23)C1. The molecule has 0 radical (unpaired) electrons. The van der Waals surface area contributed by atoms with Gasteiger partial charge in [0.15, 0.2) is 9.84 Å². The van der Waals surface area contributed by atoms with E-state index in [-0.39, 0.29) is 6.04 Å². The molecule has 2 aromatic rings. The molecule has 1 aliphatic rings. The van der Waals surface area contributed by atoms with Gasteiger partial charge < -0.3 is 5.32 Å². The Labute approximate surface area is 142 Å². The van der Waals surface area contributed by atoms with Crippen molar-refractivity contribution in [1.82, 2.24) is 5.32 Å². The Balaban J connectivity index is 1.45. The van der Waals surface area contributed by atoms with Crippen LogP contribution in [0.2, 0.25) is 0 Å². The second-order valence-electron chi connectivity index (χ2n) is 6.10. The molecule has 0 saturated carbocycles. The van der Waals surface area contributed by atoms with Crippen LogP contribution in [0.1, 0.15) is 18.4 Å². The standard InChI is InChI=1S/C18H23NO2S2/c20-23(21)12-4-8-17(14-23)19-10-11-22-13-16-7-3-6-15-5-1-2-9-18(15)16/h1-3,5-7,9,17,19H,4,8,10-14H2/t17-/m1/s1. The van der Waals surface area contributed by atoms with Crippen molar-refractivity contribution in [2.45, 2.75) is 24.6 Å². The lowest BCUT2D eigenvalue weighted by Crippen LogP contribution is -2.41. The number of benzene rings is 2. The van der Waals surface area contributed by atoms with Crippen molar-refractivity contribution >= 4 is 32.4 Å². The minimum Gasteiger partial charge on any atom is -0.312 e. The highest BCUT2D eigenvalue weighted by molar-refractivity contribution is 7.98. The van der Waals surface area contributed by atoms with Crippen molar-refractivity contribution in [2.24, 2.45) is 0 Å². The lowest BCUT2D eigenvalue weighted by Gasteiger charge is -2.23. The first-order valence-electron chi connectivity index (χ1n) is 8.12. The van der Waals surface area contributed by atoms with Crippen LogP contribution in [0.5, 0.6) is 0 Å². The summed E-state index contributed by atoms with van der Waals surface area (Å²) < 4.78 is 23.2. The monoisotopic (exact) mass is 349 g/mol. The Hall–Kier alpha value is -1.04. The quantitative estimate of drug-likeness (QED) is 0.813. The summed E-state index contributed by atoms with van der Waals surface area (Å²) in [7, 11) is -2.81. The van der Waals surface area contributed by atoms with Crippen molar-refractivity contribution < 1.29 is 8.42 Å². The number of fused-ring (bicyclic) bond motifs is 1. The molecule has 1 saturated heterocycles. The Bertz CT molecular complexity index is 753. The molecule has 1 N–H and O–H groups in total. The maximum absolute atomic E-state index is 11.6. The first-order valence-corrected chi connectivity index (χ1v) is 11.1. The highest BCUT2D eigenvalue weighted by atomic mass is 32.2. The van der Waals surface area contributed by atoms with Crippen LogP contribution in [0.3, 0.4) is 0 Å². The molecule has 0 aromatic heterocycles. The number of nitrogens with one attached hydrogen (secondary N) is 1. The van der Waals surface area contributed by atoms with E-state index < -0.39 is 9.84 Å². The molecule has 3 nitrogen and oxygen atoms in total. The molecule has 3 rings (SSSR count). The third-order valence-electron chi connectivity index (χ3n) is 4.28. The van der Waals surface area contributed by atoms with Gasteiger partial charge in [-0.1, -0.05) is 42.5 Å². The van der Waals surface area contributed by atoms with E-state index in [1.807, 2.05) is 11.8 Å². The minimum absolute atomic E-state index is 0.145. The Morgan fingerprint density at radius 2 is 1.96 bits per heavy atom. The fourth-order valence-electron chi connectivity index (χ4n) is 3.12.